The second kappa shape index (κ2) is 3.67. The lowest BCUT2D eigenvalue weighted by molar-refractivity contribution is 0.455. The number of rotatable bonds is 0. The lowest BCUT2D eigenvalue weighted by atomic mass is 10.1. The van der Waals surface area contributed by atoms with E-state index in [1.807, 2.05) is 0 Å². The summed E-state index contributed by atoms with van der Waals surface area (Å²) >= 11 is 0. The standard InChI is InChI=1S/C12H10N2O4S/c1-6-2-3-7-8(14-6)11(16)9-12(10(7)15)19(17,18)5-4-13-9/h2-4,15-16H,5H2,1H3. The first-order valence-electron chi connectivity index (χ1n) is 5.52. The van der Waals surface area contributed by atoms with Crippen molar-refractivity contribution in [2.75, 3.05) is 5.75 Å². The Labute approximate surface area is 109 Å². The highest BCUT2D eigenvalue weighted by molar-refractivity contribution is 7.92. The normalized spacial score (nSPS) is 16.5. The van der Waals surface area contributed by atoms with E-state index in [0.717, 1.165) is 0 Å². The van der Waals surface area contributed by atoms with Gasteiger partial charge >= 0.3 is 0 Å². The van der Waals surface area contributed by atoms with Crippen molar-refractivity contribution >= 4 is 32.6 Å². The summed E-state index contributed by atoms with van der Waals surface area (Å²) in [6, 6.07) is 3.16. The first-order chi connectivity index (χ1) is 8.92. The van der Waals surface area contributed by atoms with Gasteiger partial charge in [0.05, 0.1) is 5.75 Å². The highest BCUT2D eigenvalue weighted by Crippen LogP contribution is 2.47. The van der Waals surface area contributed by atoms with E-state index in [4.69, 9.17) is 0 Å². The number of pyridine rings is 1. The second-order valence-corrected chi connectivity index (χ2v) is 6.29. The van der Waals surface area contributed by atoms with Gasteiger partial charge in [-0.05, 0) is 19.1 Å². The number of hydrogen-bond acceptors (Lipinski definition) is 6. The van der Waals surface area contributed by atoms with Crippen LogP contribution in [0.25, 0.3) is 10.9 Å². The summed E-state index contributed by atoms with van der Waals surface area (Å²) in [4.78, 5) is 7.66. The molecule has 19 heavy (non-hydrogen) atoms. The molecule has 0 radical (unpaired) electrons. The summed E-state index contributed by atoms with van der Waals surface area (Å²) in [5.74, 6) is -1.03. The minimum absolute atomic E-state index is 0.144. The third-order valence-electron chi connectivity index (χ3n) is 2.99. The SMILES string of the molecule is Cc1ccc2c(O)c3c(c(O)c2n1)N=CCS3(=O)=O. The molecule has 0 bridgehead atoms. The summed E-state index contributed by atoms with van der Waals surface area (Å²) < 4.78 is 23.9. The van der Waals surface area contributed by atoms with Gasteiger partial charge in [0.25, 0.3) is 0 Å². The molecule has 3 rings (SSSR count). The van der Waals surface area contributed by atoms with Crippen molar-refractivity contribution in [3.63, 3.8) is 0 Å². The van der Waals surface area contributed by atoms with E-state index in [9.17, 15) is 18.6 Å². The van der Waals surface area contributed by atoms with Crippen LogP contribution in [0.2, 0.25) is 0 Å². The van der Waals surface area contributed by atoms with Crippen LogP contribution in [0.1, 0.15) is 5.69 Å². The fraction of sp³-hybridized carbons (Fsp3) is 0.167. The quantitative estimate of drug-likeness (QED) is 0.710. The molecule has 2 aromatic rings. The zero-order chi connectivity index (χ0) is 13.8. The van der Waals surface area contributed by atoms with Crippen LogP contribution in [0, 0.1) is 6.92 Å². The molecule has 0 amide bonds. The molecule has 98 valence electrons. The van der Waals surface area contributed by atoms with Gasteiger partial charge in [-0.1, -0.05) is 0 Å². The molecule has 1 aromatic heterocycles. The van der Waals surface area contributed by atoms with Gasteiger partial charge in [0.1, 0.15) is 21.8 Å². The lowest BCUT2D eigenvalue weighted by Crippen LogP contribution is -2.12. The van der Waals surface area contributed by atoms with Crippen molar-refractivity contribution in [3.05, 3.63) is 17.8 Å². The predicted molar refractivity (Wildman–Crippen MR) is 70.0 cm³/mol. The Bertz CT molecular complexity index is 841. The second-order valence-electron chi connectivity index (χ2n) is 4.32. The molecule has 0 fully saturated rings. The van der Waals surface area contributed by atoms with Gasteiger partial charge in [-0.2, -0.15) is 0 Å². The van der Waals surface area contributed by atoms with Crippen molar-refractivity contribution < 1.29 is 18.6 Å². The highest BCUT2D eigenvalue weighted by Gasteiger charge is 2.30. The van der Waals surface area contributed by atoms with Crippen LogP contribution >= 0.6 is 0 Å². The molecular weight excluding hydrogens is 268 g/mol. The lowest BCUT2D eigenvalue weighted by Gasteiger charge is -2.16. The number of phenols is 2. The third-order valence-corrected chi connectivity index (χ3v) is 4.59. The molecule has 1 aliphatic rings. The van der Waals surface area contributed by atoms with E-state index < -0.39 is 15.6 Å². The Morgan fingerprint density at radius 3 is 2.68 bits per heavy atom. The number of phenolic OH excluding ortho intramolecular Hbond substituents is 2. The average Bonchev–Trinajstić information content (AvgIpc) is 2.34. The predicted octanol–water partition coefficient (Wildman–Crippen LogP) is 1.44. The minimum atomic E-state index is -3.68. The Balaban J connectivity index is 2.58. The molecule has 0 unspecified atom stereocenters. The van der Waals surface area contributed by atoms with E-state index >= 15 is 0 Å². The van der Waals surface area contributed by atoms with Crippen molar-refractivity contribution in [2.24, 2.45) is 4.99 Å². The minimum Gasteiger partial charge on any atom is -0.506 e. The van der Waals surface area contributed by atoms with Crippen LogP contribution in [0.3, 0.4) is 0 Å². The maximum absolute atomic E-state index is 12.0. The van der Waals surface area contributed by atoms with Gasteiger partial charge in [-0.15, -0.1) is 0 Å². The van der Waals surface area contributed by atoms with Crippen LogP contribution in [-0.2, 0) is 9.84 Å². The third kappa shape index (κ3) is 1.58. The van der Waals surface area contributed by atoms with E-state index in [0.29, 0.717) is 5.69 Å². The van der Waals surface area contributed by atoms with E-state index in [-0.39, 0.29) is 33.0 Å². The number of aromatic hydroxyl groups is 2. The van der Waals surface area contributed by atoms with Crippen LogP contribution in [0.4, 0.5) is 5.69 Å². The number of aliphatic imine (C=N–C) groups is 1. The van der Waals surface area contributed by atoms with Gasteiger partial charge < -0.3 is 10.2 Å². The number of aryl methyl sites for hydroxylation is 1. The summed E-state index contributed by atoms with van der Waals surface area (Å²) in [7, 11) is -3.68. The Hall–Kier alpha value is -2.15. The van der Waals surface area contributed by atoms with Gasteiger partial charge in [0.2, 0.25) is 0 Å². The number of fused-ring (bicyclic) bond motifs is 2. The fourth-order valence-corrected chi connectivity index (χ4v) is 3.39. The highest BCUT2D eigenvalue weighted by atomic mass is 32.2. The molecule has 7 heteroatoms. The summed E-state index contributed by atoms with van der Waals surface area (Å²) in [5.41, 5.74) is 0.643. The number of hydrogen-bond donors (Lipinski definition) is 2. The van der Waals surface area contributed by atoms with Gasteiger partial charge in [0.15, 0.2) is 15.6 Å². The summed E-state index contributed by atoms with van der Waals surface area (Å²) in [6.45, 7) is 1.73. The fourth-order valence-electron chi connectivity index (χ4n) is 2.11. The molecule has 1 aliphatic heterocycles. The Morgan fingerprint density at radius 1 is 1.21 bits per heavy atom. The summed E-state index contributed by atoms with van der Waals surface area (Å²) in [6.07, 6.45) is 1.19. The number of nitrogens with zero attached hydrogens (tertiary/aromatic N) is 2. The van der Waals surface area contributed by atoms with Crippen LogP contribution < -0.4 is 0 Å². The summed E-state index contributed by atoms with van der Waals surface area (Å²) in [5, 5.41) is 20.5. The molecule has 0 atom stereocenters. The van der Waals surface area contributed by atoms with Crippen LogP contribution in [-0.4, -0.2) is 35.6 Å². The molecule has 0 spiro atoms. The van der Waals surface area contributed by atoms with Crippen molar-refractivity contribution in [3.8, 4) is 11.5 Å². The average molecular weight is 278 g/mol. The smallest absolute Gasteiger partial charge is 0.189 e. The van der Waals surface area contributed by atoms with E-state index in [1.165, 1.54) is 12.3 Å². The van der Waals surface area contributed by atoms with Crippen molar-refractivity contribution in [1.82, 2.24) is 4.98 Å². The van der Waals surface area contributed by atoms with Crippen molar-refractivity contribution in [1.29, 1.82) is 0 Å². The van der Waals surface area contributed by atoms with Gasteiger partial charge in [-0.3, -0.25) is 4.99 Å². The largest absolute Gasteiger partial charge is 0.506 e. The zero-order valence-corrected chi connectivity index (χ0v) is 10.8. The maximum Gasteiger partial charge on any atom is 0.189 e. The molecule has 2 heterocycles. The molecule has 2 N–H and O–H groups in total. The molecule has 0 saturated carbocycles. The van der Waals surface area contributed by atoms with E-state index in [1.54, 1.807) is 13.0 Å². The number of benzene rings is 1. The van der Waals surface area contributed by atoms with Crippen LogP contribution in [0.15, 0.2) is 22.0 Å². The molecule has 0 saturated heterocycles. The van der Waals surface area contributed by atoms with Gasteiger partial charge in [0, 0.05) is 17.3 Å². The van der Waals surface area contributed by atoms with E-state index in [2.05, 4.69) is 9.98 Å². The van der Waals surface area contributed by atoms with Gasteiger partial charge in [-0.25, -0.2) is 13.4 Å². The molecule has 1 aromatic carbocycles. The molecule has 6 nitrogen and oxygen atoms in total. The first-order valence-corrected chi connectivity index (χ1v) is 7.17. The zero-order valence-electron chi connectivity index (χ0n) is 9.95. The van der Waals surface area contributed by atoms with Crippen LogP contribution in [0.5, 0.6) is 11.5 Å². The molecular formula is C12H10N2O4S. The number of aromatic nitrogens is 1. The Morgan fingerprint density at radius 2 is 1.95 bits per heavy atom. The maximum atomic E-state index is 12.0. The number of sulfone groups is 1. The first kappa shape index (κ1) is 11.9. The molecule has 0 aliphatic carbocycles. The monoisotopic (exact) mass is 278 g/mol. The topological polar surface area (TPSA) is 99.8 Å². The van der Waals surface area contributed by atoms with Crippen molar-refractivity contribution in [2.45, 2.75) is 11.8 Å². The Kier molecular flexibility index (Phi) is 2.30.